The van der Waals surface area contributed by atoms with Crippen molar-refractivity contribution in [3.05, 3.63) is 131 Å². The number of nitrogens with one attached hydrogen (secondary N) is 1. The molecule has 0 saturated carbocycles. The van der Waals surface area contributed by atoms with E-state index >= 15 is 0 Å². The fourth-order valence-electron chi connectivity index (χ4n) is 3.88. The van der Waals surface area contributed by atoms with Crippen molar-refractivity contribution in [1.29, 1.82) is 0 Å². The molecule has 0 fully saturated rings. The predicted molar refractivity (Wildman–Crippen MR) is 145 cm³/mol. The molecule has 0 aliphatic carbocycles. The van der Waals surface area contributed by atoms with Gasteiger partial charge >= 0.3 is 10.1 Å². The topological polar surface area (TPSA) is 84.8 Å². The Balaban J connectivity index is 1.52. The fourth-order valence-corrected chi connectivity index (χ4v) is 4.84. The maximum absolute atomic E-state index is 13.2. The fraction of sp³-hybridized carbons (Fsp3) is 0.133. The largest absolute Gasteiger partial charge is 0.378 e. The van der Waals surface area contributed by atoms with E-state index < -0.39 is 16.0 Å². The Hall–Kier alpha value is -4.23. The van der Waals surface area contributed by atoms with Gasteiger partial charge in [-0.15, -0.1) is 0 Å². The zero-order valence-corrected chi connectivity index (χ0v) is 21.5. The lowest BCUT2D eigenvalue weighted by molar-refractivity contribution is -0.122. The number of amides is 1. The number of hydrogen-bond donors (Lipinski definition) is 1. The maximum atomic E-state index is 13.2. The van der Waals surface area contributed by atoms with Crippen molar-refractivity contribution in [3.63, 3.8) is 0 Å². The molecule has 0 radical (unpaired) electrons. The Morgan fingerprint density at radius 1 is 0.865 bits per heavy atom. The molecule has 1 atom stereocenters. The van der Waals surface area contributed by atoms with Crippen molar-refractivity contribution in [2.75, 3.05) is 0 Å². The molecule has 0 aliphatic heterocycles. The van der Waals surface area contributed by atoms with Gasteiger partial charge in [0.1, 0.15) is 4.90 Å². The van der Waals surface area contributed by atoms with Crippen LogP contribution >= 0.6 is 0 Å². The van der Waals surface area contributed by atoms with E-state index in [9.17, 15) is 13.2 Å². The van der Waals surface area contributed by atoms with E-state index in [1.807, 2.05) is 68.4 Å². The molecule has 0 spiro atoms. The van der Waals surface area contributed by atoms with Crippen LogP contribution in [0.3, 0.4) is 0 Å². The third kappa shape index (κ3) is 6.71. The number of hydrogen-bond acceptors (Lipinski definition) is 5. The van der Waals surface area contributed by atoms with Crippen LogP contribution in [-0.4, -0.2) is 20.5 Å². The first-order chi connectivity index (χ1) is 17.8. The molecular formula is C30H28N2O4S. The zero-order chi connectivity index (χ0) is 26.3. The minimum absolute atomic E-state index is 0.0556. The highest BCUT2D eigenvalue weighted by Gasteiger charge is 2.22. The first-order valence-corrected chi connectivity index (χ1v) is 13.3. The average molecular weight is 513 g/mol. The van der Waals surface area contributed by atoms with Gasteiger partial charge in [0.2, 0.25) is 5.91 Å². The van der Waals surface area contributed by atoms with Gasteiger partial charge in [0.25, 0.3) is 0 Å². The van der Waals surface area contributed by atoms with Crippen LogP contribution in [0.25, 0.3) is 0 Å². The van der Waals surface area contributed by atoms with Gasteiger partial charge in [-0.05, 0) is 61.2 Å². The lowest BCUT2D eigenvalue weighted by Crippen LogP contribution is -2.27. The zero-order valence-electron chi connectivity index (χ0n) is 20.7. The van der Waals surface area contributed by atoms with Gasteiger partial charge in [0.15, 0.2) is 5.75 Å². The van der Waals surface area contributed by atoms with Crippen LogP contribution in [0.4, 0.5) is 0 Å². The van der Waals surface area contributed by atoms with Crippen molar-refractivity contribution >= 4 is 22.2 Å². The smallest absolute Gasteiger partial charge is 0.339 e. The number of carbonyl (C=O) groups is 1. The van der Waals surface area contributed by atoms with Crippen molar-refractivity contribution in [3.8, 4) is 5.75 Å². The molecule has 37 heavy (non-hydrogen) atoms. The van der Waals surface area contributed by atoms with E-state index in [-0.39, 0.29) is 16.6 Å². The molecular weight excluding hydrogens is 484 g/mol. The second-order valence-corrected chi connectivity index (χ2v) is 10.3. The molecule has 0 bridgehead atoms. The van der Waals surface area contributed by atoms with Gasteiger partial charge in [0, 0.05) is 5.56 Å². The Kier molecular flexibility index (Phi) is 8.15. The summed E-state index contributed by atoms with van der Waals surface area (Å²) in [7, 11) is -4.03. The Labute approximate surface area is 217 Å². The molecule has 0 unspecified atom stereocenters. The number of carbonyl (C=O) groups excluding carboxylic acids is 1. The van der Waals surface area contributed by atoms with Crippen molar-refractivity contribution in [2.24, 2.45) is 5.10 Å². The molecule has 0 aliphatic rings. The lowest BCUT2D eigenvalue weighted by atomic mass is 9.90. The van der Waals surface area contributed by atoms with Crippen LogP contribution in [-0.2, 0) is 21.3 Å². The molecule has 0 aromatic heterocycles. The predicted octanol–water partition coefficient (Wildman–Crippen LogP) is 5.55. The van der Waals surface area contributed by atoms with Gasteiger partial charge in [-0.1, -0.05) is 84.4 Å². The maximum Gasteiger partial charge on any atom is 0.339 e. The van der Waals surface area contributed by atoms with Crippen LogP contribution < -0.4 is 9.61 Å². The van der Waals surface area contributed by atoms with E-state index in [0.29, 0.717) is 12.0 Å². The monoisotopic (exact) mass is 512 g/mol. The van der Waals surface area contributed by atoms with Crippen molar-refractivity contribution in [1.82, 2.24) is 5.43 Å². The third-order valence-corrected chi connectivity index (χ3v) is 7.26. The summed E-state index contributed by atoms with van der Waals surface area (Å²) in [6.07, 6.45) is 1.90. The third-order valence-electron chi connectivity index (χ3n) is 6.01. The summed E-state index contributed by atoms with van der Waals surface area (Å²) in [5.41, 5.74) is 7.05. The minimum Gasteiger partial charge on any atom is -0.378 e. The molecule has 1 amide bonds. The van der Waals surface area contributed by atoms with Gasteiger partial charge in [-0.3, -0.25) is 4.79 Å². The molecule has 4 aromatic rings. The van der Waals surface area contributed by atoms with E-state index in [1.54, 1.807) is 36.4 Å². The molecule has 0 heterocycles. The first kappa shape index (κ1) is 25.9. The van der Waals surface area contributed by atoms with Gasteiger partial charge in [-0.25, -0.2) is 5.43 Å². The number of rotatable bonds is 9. The number of hydrazone groups is 1. The number of para-hydroxylation sites is 1. The lowest BCUT2D eigenvalue weighted by Gasteiger charge is -2.17. The summed E-state index contributed by atoms with van der Waals surface area (Å²) < 4.78 is 30.9. The molecule has 6 nitrogen and oxygen atoms in total. The van der Waals surface area contributed by atoms with Crippen molar-refractivity contribution in [2.45, 2.75) is 31.1 Å². The Morgan fingerprint density at radius 3 is 2.24 bits per heavy atom. The summed E-state index contributed by atoms with van der Waals surface area (Å²) in [4.78, 5) is 13.3. The molecule has 4 aromatic carbocycles. The van der Waals surface area contributed by atoms with Gasteiger partial charge < -0.3 is 4.18 Å². The van der Waals surface area contributed by atoms with Crippen LogP contribution in [0.15, 0.2) is 113 Å². The molecule has 4 rings (SSSR count). The second-order valence-electron chi connectivity index (χ2n) is 8.72. The Bertz CT molecular complexity index is 1500. The van der Waals surface area contributed by atoms with E-state index in [4.69, 9.17) is 4.18 Å². The van der Waals surface area contributed by atoms with Gasteiger partial charge in [-0.2, -0.15) is 13.5 Å². The SMILES string of the molecule is Cc1ccc(S(=O)(=O)Oc2ccccc2/C=N\NC(=O)[C@H](Cc2ccccc2C)c2ccccc2)cc1. The molecule has 0 saturated heterocycles. The molecule has 188 valence electrons. The highest BCUT2D eigenvalue weighted by atomic mass is 32.2. The van der Waals surface area contributed by atoms with E-state index in [2.05, 4.69) is 10.5 Å². The summed E-state index contributed by atoms with van der Waals surface area (Å²) in [6.45, 7) is 3.90. The van der Waals surface area contributed by atoms with Crippen LogP contribution in [0.2, 0.25) is 0 Å². The van der Waals surface area contributed by atoms with E-state index in [1.165, 1.54) is 18.3 Å². The Morgan fingerprint density at radius 2 is 1.51 bits per heavy atom. The molecule has 1 N–H and O–H groups in total. The quantitative estimate of drug-likeness (QED) is 0.181. The first-order valence-electron chi connectivity index (χ1n) is 11.9. The second kappa shape index (κ2) is 11.7. The summed E-state index contributed by atoms with van der Waals surface area (Å²) in [6, 6.07) is 30.6. The minimum atomic E-state index is -4.03. The number of aryl methyl sites for hydroxylation is 2. The highest BCUT2D eigenvalue weighted by Crippen LogP contribution is 2.24. The number of nitrogens with zero attached hydrogens (tertiary/aromatic N) is 1. The summed E-state index contributed by atoms with van der Waals surface area (Å²) in [5, 5.41) is 4.13. The van der Waals surface area contributed by atoms with Crippen LogP contribution in [0.1, 0.15) is 33.7 Å². The summed E-state index contributed by atoms with van der Waals surface area (Å²) in [5.74, 6) is -0.607. The average Bonchev–Trinajstić information content (AvgIpc) is 2.89. The summed E-state index contributed by atoms with van der Waals surface area (Å²) >= 11 is 0. The van der Waals surface area contributed by atoms with Crippen molar-refractivity contribution < 1.29 is 17.4 Å². The van der Waals surface area contributed by atoms with Crippen LogP contribution in [0.5, 0.6) is 5.75 Å². The number of benzene rings is 4. The standard InChI is InChI=1S/C30H28N2O4S/c1-22-16-18-27(19-17-22)37(34,35)36-29-15-9-8-14-26(29)21-31-32-30(33)28(24-11-4-3-5-12-24)20-25-13-7-6-10-23(25)2/h3-19,21,28H,20H2,1-2H3,(H,32,33)/b31-21-/t28-/m1/s1. The normalized spacial score (nSPS) is 12.3. The van der Waals surface area contributed by atoms with Gasteiger partial charge in [0.05, 0.1) is 12.1 Å². The van der Waals surface area contributed by atoms with Crippen LogP contribution in [0, 0.1) is 13.8 Å². The highest BCUT2D eigenvalue weighted by molar-refractivity contribution is 7.87. The molecule has 7 heteroatoms. The van der Waals surface area contributed by atoms with E-state index in [0.717, 1.165) is 22.3 Å².